The molecule has 1 aromatic rings. The number of benzene rings is 1. The molecule has 0 aromatic heterocycles. The van der Waals surface area contributed by atoms with Crippen LogP contribution in [0.4, 0.5) is 0 Å². The quantitative estimate of drug-likeness (QED) is 0.422. The first-order valence-corrected chi connectivity index (χ1v) is 4.90. The second-order valence-corrected chi connectivity index (χ2v) is 3.61. The third-order valence-corrected chi connectivity index (χ3v) is 2.65. The average molecular weight is 212 g/mol. The zero-order valence-electron chi connectivity index (χ0n) is 8.33. The smallest absolute Gasteiger partial charge is 0.293 e. The molecule has 2 aliphatic heterocycles. The summed E-state index contributed by atoms with van der Waals surface area (Å²) in [5.41, 5.74) is 0.798. The Hall–Kier alpha value is -2.36. The van der Waals surface area contributed by atoms with Crippen molar-refractivity contribution in [2.45, 2.75) is 0 Å². The maximum absolute atomic E-state index is 11.7. The van der Waals surface area contributed by atoms with E-state index in [0.29, 0.717) is 11.4 Å². The van der Waals surface area contributed by atoms with Crippen molar-refractivity contribution in [3.63, 3.8) is 0 Å². The van der Waals surface area contributed by atoms with Crippen LogP contribution in [-0.4, -0.2) is 4.73 Å². The number of rotatable bonds is 0. The Morgan fingerprint density at radius 2 is 1.94 bits per heavy atom. The molecule has 0 radical (unpaired) electrons. The Kier molecular flexibility index (Phi) is 1.71. The van der Waals surface area contributed by atoms with E-state index >= 15 is 0 Å². The highest BCUT2D eigenvalue weighted by Crippen LogP contribution is 2.26. The van der Waals surface area contributed by atoms with Crippen LogP contribution in [-0.2, 0) is 0 Å². The minimum atomic E-state index is 0.385. The lowest BCUT2D eigenvalue weighted by Crippen LogP contribution is -2.19. The fraction of sp³-hybridized carbons (Fsp3) is 0. The van der Waals surface area contributed by atoms with Gasteiger partial charge in [-0.2, -0.15) is 0 Å². The van der Waals surface area contributed by atoms with Gasteiger partial charge in [-0.25, -0.2) is 0 Å². The van der Waals surface area contributed by atoms with E-state index in [2.05, 4.69) is 0 Å². The molecule has 1 aromatic carbocycles. The summed E-state index contributed by atoms with van der Waals surface area (Å²) in [5.74, 6) is 0. The van der Waals surface area contributed by atoms with Crippen molar-refractivity contribution >= 4 is 10.8 Å². The molecule has 0 fully saturated rings. The predicted molar refractivity (Wildman–Crippen MR) is 60.7 cm³/mol. The lowest BCUT2D eigenvalue weighted by molar-refractivity contribution is -0.481. The summed E-state index contributed by atoms with van der Waals surface area (Å²) >= 11 is 0. The van der Waals surface area contributed by atoms with Crippen LogP contribution in [0.2, 0.25) is 0 Å². The molecule has 0 amide bonds. The summed E-state index contributed by atoms with van der Waals surface area (Å²) < 4.78 is 1.46. The molecule has 78 valence electrons. The van der Waals surface area contributed by atoms with Crippen LogP contribution in [0.3, 0.4) is 0 Å². The average Bonchev–Trinajstić information content (AvgIpc) is 2.30. The van der Waals surface area contributed by atoms with E-state index in [1.165, 1.54) is 12.4 Å². The molecule has 16 heavy (non-hydrogen) atoms. The Balaban J connectivity index is 2.66. The summed E-state index contributed by atoms with van der Waals surface area (Å²) in [6, 6.07) is 10.6. The fourth-order valence-electron chi connectivity index (χ4n) is 1.93. The van der Waals surface area contributed by atoms with Gasteiger partial charge in [-0.15, -0.1) is 0 Å². The number of nitrogens with zero attached hydrogens (tertiary/aromatic N) is 2. The van der Waals surface area contributed by atoms with Gasteiger partial charge < -0.3 is 9.94 Å². The van der Waals surface area contributed by atoms with Crippen molar-refractivity contribution in [2.24, 2.45) is 0 Å². The van der Waals surface area contributed by atoms with Gasteiger partial charge in [0.1, 0.15) is 5.69 Å². The van der Waals surface area contributed by atoms with E-state index in [-0.39, 0.29) is 0 Å². The zero-order chi connectivity index (χ0) is 11.1. The molecule has 0 bridgehead atoms. The summed E-state index contributed by atoms with van der Waals surface area (Å²) in [6.07, 6.45) is 2.88. The highest BCUT2D eigenvalue weighted by Gasteiger charge is 2.18. The maximum Gasteiger partial charge on any atom is 0.293 e. The van der Waals surface area contributed by atoms with Crippen molar-refractivity contribution in [1.82, 2.24) is 4.73 Å². The van der Waals surface area contributed by atoms with Crippen LogP contribution in [0.25, 0.3) is 22.2 Å². The first kappa shape index (κ1) is 8.91. The second kappa shape index (κ2) is 3.06. The van der Waals surface area contributed by atoms with Crippen molar-refractivity contribution in [2.75, 3.05) is 0 Å². The maximum atomic E-state index is 11.7. The lowest BCUT2D eigenvalue weighted by Gasteiger charge is -2.16. The summed E-state index contributed by atoms with van der Waals surface area (Å²) in [7, 11) is 0. The third kappa shape index (κ3) is 1.10. The van der Waals surface area contributed by atoms with Crippen LogP contribution in [0.5, 0.6) is 0 Å². The van der Waals surface area contributed by atoms with Gasteiger partial charge in [0.25, 0.3) is 5.69 Å². The minimum Gasteiger partial charge on any atom is -0.805 e. The molecule has 0 unspecified atom stereocenters. The van der Waals surface area contributed by atoms with Crippen molar-refractivity contribution in [3.05, 3.63) is 58.9 Å². The van der Waals surface area contributed by atoms with Gasteiger partial charge >= 0.3 is 0 Å². The Labute approximate surface area is 90.9 Å². The molecule has 4 heteroatoms. The van der Waals surface area contributed by atoms with E-state index in [1.54, 1.807) is 12.1 Å². The molecule has 3 rings (SSSR count). The molecule has 0 aliphatic carbocycles. The highest BCUT2D eigenvalue weighted by molar-refractivity contribution is 5.93. The summed E-state index contributed by atoms with van der Waals surface area (Å²) in [5, 5.41) is 13.3. The molecule has 2 heterocycles. The van der Waals surface area contributed by atoms with Gasteiger partial charge in [0.15, 0.2) is 0 Å². The number of hydrogen-bond acceptors (Lipinski definition) is 2. The first-order valence-electron chi connectivity index (χ1n) is 4.90. The van der Waals surface area contributed by atoms with Gasteiger partial charge in [0.05, 0.1) is 9.81 Å². The number of fused-ring (bicyclic) bond motifs is 3. The summed E-state index contributed by atoms with van der Waals surface area (Å²) in [6.45, 7) is 0. The molecule has 0 saturated heterocycles. The van der Waals surface area contributed by atoms with Crippen LogP contribution in [0.15, 0.2) is 48.8 Å². The van der Waals surface area contributed by atoms with Crippen molar-refractivity contribution < 1.29 is 4.43 Å². The molecule has 4 nitrogen and oxygen atoms in total. The first-order chi connectivity index (χ1) is 7.77. The summed E-state index contributed by atoms with van der Waals surface area (Å²) in [4.78, 5) is 11.7. The molecule has 0 saturated carbocycles. The van der Waals surface area contributed by atoms with Gasteiger partial charge in [0, 0.05) is 22.6 Å². The Bertz CT molecular complexity index is 703. The third-order valence-electron chi connectivity index (χ3n) is 2.65. The zero-order valence-corrected chi connectivity index (χ0v) is 8.33. The van der Waals surface area contributed by atoms with Gasteiger partial charge in [0.2, 0.25) is 6.20 Å². The standard InChI is InChI=1S/C12H8N2O2/c15-13-7-3-6-11-12(13)10-5-2-1-4-9(10)8-14(11)16/h1-8H. The number of aromatic nitrogens is 2. The van der Waals surface area contributed by atoms with Crippen LogP contribution < -0.4 is 4.43 Å². The molecule has 0 N–H and O–H groups in total. The van der Waals surface area contributed by atoms with E-state index in [9.17, 15) is 10.1 Å². The van der Waals surface area contributed by atoms with E-state index < -0.39 is 0 Å². The van der Waals surface area contributed by atoms with Crippen LogP contribution in [0.1, 0.15) is 0 Å². The van der Waals surface area contributed by atoms with E-state index in [4.69, 9.17) is 0 Å². The fourth-order valence-corrected chi connectivity index (χ4v) is 1.93. The van der Waals surface area contributed by atoms with Crippen molar-refractivity contribution in [3.8, 4) is 11.4 Å². The van der Waals surface area contributed by atoms with Crippen molar-refractivity contribution in [1.29, 1.82) is 0 Å². The SMILES string of the molecule is O=[n+]1cccc2n([O-])cc3ccccc3c1-2. The van der Waals surface area contributed by atoms with Crippen LogP contribution in [0, 0.1) is 10.1 Å². The Morgan fingerprint density at radius 3 is 2.81 bits per heavy atom. The van der Waals surface area contributed by atoms with E-state index in [1.807, 2.05) is 24.3 Å². The minimum absolute atomic E-state index is 0.385. The molecule has 0 atom stereocenters. The van der Waals surface area contributed by atoms with E-state index in [0.717, 1.165) is 19.9 Å². The second-order valence-electron chi connectivity index (χ2n) is 3.61. The molecular weight excluding hydrogens is 204 g/mol. The lowest BCUT2D eigenvalue weighted by atomic mass is 10.1. The highest BCUT2D eigenvalue weighted by atomic mass is 16.5. The monoisotopic (exact) mass is 212 g/mol. The largest absolute Gasteiger partial charge is 0.805 e. The molecule has 0 spiro atoms. The number of pyridine rings is 2. The predicted octanol–water partition coefficient (Wildman–Crippen LogP) is 2.01. The molecular formula is C12H8N2O2. The van der Waals surface area contributed by atoms with Gasteiger partial charge in [-0.05, 0) is 12.1 Å². The van der Waals surface area contributed by atoms with Gasteiger partial charge in [-0.1, -0.05) is 18.2 Å². The van der Waals surface area contributed by atoms with Crippen LogP contribution >= 0.6 is 0 Å². The Morgan fingerprint density at radius 1 is 1.12 bits per heavy atom. The topological polar surface area (TPSA) is 51.0 Å². The normalized spacial score (nSPS) is 11.0. The molecule has 2 aliphatic rings. The number of hydrogen-bond donors (Lipinski definition) is 0. The van der Waals surface area contributed by atoms with Gasteiger partial charge in [-0.3, -0.25) is 0 Å².